The third-order valence-electron chi connectivity index (χ3n) is 4.12. The number of carbonyl (C=O) groups excluding carboxylic acids is 1. The molecule has 2 aromatic carbocycles. The van der Waals surface area contributed by atoms with Crippen molar-refractivity contribution in [3.05, 3.63) is 77.6 Å². The second kappa shape index (κ2) is 7.73. The van der Waals surface area contributed by atoms with Gasteiger partial charge in [0.25, 0.3) is 5.91 Å². The molecule has 0 atom stereocenters. The average molecular weight is 384 g/mol. The molecule has 27 heavy (non-hydrogen) atoms. The summed E-state index contributed by atoms with van der Waals surface area (Å²) in [7, 11) is -2.24. The fourth-order valence-electron chi connectivity index (χ4n) is 2.62. The number of anilines is 1. The second-order valence-electron chi connectivity index (χ2n) is 6.04. The fraction of sp³-hybridized carbons (Fsp3) is 0.158. The van der Waals surface area contributed by atoms with Gasteiger partial charge in [0.2, 0.25) is 10.0 Å². The van der Waals surface area contributed by atoms with Gasteiger partial charge in [-0.05, 0) is 55.4 Å². The number of hydrogen-bond acceptors (Lipinski definition) is 4. The average Bonchev–Trinajstić information content (AvgIpc) is 3.16. The lowest BCUT2D eigenvalue weighted by molar-refractivity contribution is 0.102. The van der Waals surface area contributed by atoms with Crippen LogP contribution in [-0.2, 0) is 16.6 Å². The molecular weight excluding hydrogens is 364 g/mol. The molecule has 0 aliphatic heterocycles. The van der Waals surface area contributed by atoms with Crippen molar-refractivity contribution in [2.24, 2.45) is 0 Å². The molecule has 8 heteroatoms. The van der Waals surface area contributed by atoms with E-state index in [4.69, 9.17) is 0 Å². The van der Waals surface area contributed by atoms with E-state index in [-0.39, 0.29) is 10.8 Å². The van der Waals surface area contributed by atoms with E-state index < -0.39 is 10.0 Å². The molecule has 0 aliphatic carbocycles. The molecule has 2 N–H and O–H groups in total. The summed E-state index contributed by atoms with van der Waals surface area (Å²) in [6.45, 7) is 2.33. The standard InChI is InChI=1S/C19H20N4O3S/c1-14-4-9-17(12-18(14)27(25,26)20-2)22-19(24)16-7-5-15(6-8-16)13-23-11-3-10-21-23/h3-12,20H,13H2,1-2H3,(H,22,24). The molecule has 0 aliphatic rings. The van der Waals surface area contributed by atoms with Crippen LogP contribution in [0.25, 0.3) is 0 Å². The van der Waals surface area contributed by atoms with Gasteiger partial charge < -0.3 is 5.32 Å². The molecule has 0 spiro atoms. The highest BCUT2D eigenvalue weighted by atomic mass is 32.2. The van der Waals surface area contributed by atoms with Crippen LogP contribution in [0.3, 0.4) is 0 Å². The van der Waals surface area contributed by atoms with E-state index in [2.05, 4.69) is 15.1 Å². The Morgan fingerprint density at radius 2 is 1.89 bits per heavy atom. The van der Waals surface area contributed by atoms with E-state index >= 15 is 0 Å². The van der Waals surface area contributed by atoms with Gasteiger partial charge in [0.05, 0.1) is 11.4 Å². The third kappa shape index (κ3) is 4.42. The first-order valence-electron chi connectivity index (χ1n) is 8.31. The van der Waals surface area contributed by atoms with Gasteiger partial charge in [-0.25, -0.2) is 13.1 Å². The summed E-state index contributed by atoms with van der Waals surface area (Å²) in [6.07, 6.45) is 3.58. The highest BCUT2D eigenvalue weighted by Crippen LogP contribution is 2.20. The lowest BCUT2D eigenvalue weighted by Crippen LogP contribution is -2.20. The minimum atomic E-state index is -3.59. The number of nitrogens with zero attached hydrogens (tertiary/aromatic N) is 2. The predicted octanol–water partition coefficient (Wildman–Crippen LogP) is 2.40. The summed E-state index contributed by atoms with van der Waals surface area (Å²) in [6, 6.07) is 13.8. The summed E-state index contributed by atoms with van der Waals surface area (Å²) >= 11 is 0. The van der Waals surface area contributed by atoms with Gasteiger partial charge >= 0.3 is 0 Å². The quantitative estimate of drug-likeness (QED) is 0.682. The molecule has 0 saturated heterocycles. The van der Waals surface area contributed by atoms with Crippen LogP contribution in [0.1, 0.15) is 21.5 Å². The molecule has 7 nitrogen and oxygen atoms in total. The molecule has 1 aromatic heterocycles. The van der Waals surface area contributed by atoms with Gasteiger partial charge in [-0.1, -0.05) is 18.2 Å². The van der Waals surface area contributed by atoms with Gasteiger partial charge in [-0.2, -0.15) is 5.10 Å². The van der Waals surface area contributed by atoms with Crippen molar-refractivity contribution in [2.45, 2.75) is 18.4 Å². The monoisotopic (exact) mass is 384 g/mol. The Bertz CT molecular complexity index is 1040. The summed E-state index contributed by atoms with van der Waals surface area (Å²) in [5.74, 6) is -0.308. The summed E-state index contributed by atoms with van der Waals surface area (Å²) in [5, 5.41) is 6.89. The van der Waals surface area contributed by atoms with Gasteiger partial charge in [0, 0.05) is 23.6 Å². The van der Waals surface area contributed by atoms with Crippen LogP contribution in [-0.4, -0.2) is 31.2 Å². The third-order valence-corrected chi connectivity index (χ3v) is 5.68. The fourth-order valence-corrected chi connectivity index (χ4v) is 3.62. The van der Waals surface area contributed by atoms with Crippen LogP contribution in [0.15, 0.2) is 65.8 Å². The number of sulfonamides is 1. The second-order valence-corrected chi connectivity index (χ2v) is 7.90. The van der Waals surface area contributed by atoms with E-state index in [1.807, 2.05) is 24.4 Å². The van der Waals surface area contributed by atoms with Gasteiger partial charge in [-0.3, -0.25) is 9.48 Å². The minimum absolute atomic E-state index is 0.136. The highest BCUT2D eigenvalue weighted by Gasteiger charge is 2.16. The van der Waals surface area contributed by atoms with Gasteiger partial charge in [-0.15, -0.1) is 0 Å². The smallest absolute Gasteiger partial charge is 0.255 e. The summed E-state index contributed by atoms with van der Waals surface area (Å²) in [5.41, 5.74) is 2.52. The van der Waals surface area contributed by atoms with Crippen molar-refractivity contribution in [1.82, 2.24) is 14.5 Å². The van der Waals surface area contributed by atoms with Crippen LogP contribution in [0, 0.1) is 6.92 Å². The number of amides is 1. The first-order valence-corrected chi connectivity index (χ1v) is 9.79. The molecule has 0 bridgehead atoms. The predicted molar refractivity (Wildman–Crippen MR) is 103 cm³/mol. The van der Waals surface area contributed by atoms with Crippen molar-refractivity contribution < 1.29 is 13.2 Å². The largest absolute Gasteiger partial charge is 0.322 e. The van der Waals surface area contributed by atoms with Crippen LogP contribution >= 0.6 is 0 Å². The Morgan fingerprint density at radius 1 is 1.15 bits per heavy atom. The zero-order valence-electron chi connectivity index (χ0n) is 15.0. The summed E-state index contributed by atoms with van der Waals surface area (Å²) < 4.78 is 28.2. The molecule has 0 saturated carbocycles. The number of benzene rings is 2. The molecule has 0 radical (unpaired) electrons. The SMILES string of the molecule is CNS(=O)(=O)c1cc(NC(=O)c2ccc(Cn3cccn3)cc2)ccc1C. The Labute approximate surface area is 158 Å². The van der Waals surface area contributed by atoms with E-state index in [0.717, 1.165) is 5.56 Å². The Hall–Kier alpha value is -2.97. The molecule has 140 valence electrons. The van der Waals surface area contributed by atoms with Crippen LogP contribution in [0.4, 0.5) is 5.69 Å². The normalized spacial score (nSPS) is 11.3. The lowest BCUT2D eigenvalue weighted by Gasteiger charge is -2.11. The Morgan fingerprint density at radius 3 is 2.52 bits per heavy atom. The molecule has 0 fully saturated rings. The molecule has 1 heterocycles. The van der Waals surface area contributed by atoms with Crippen molar-refractivity contribution >= 4 is 21.6 Å². The maximum Gasteiger partial charge on any atom is 0.255 e. The maximum atomic E-state index is 12.5. The topological polar surface area (TPSA) is 93.1 Å². The van der Waals surface area contributed by atoms with Crippen molar-refractivity contribution in [3.8, 4) is 0 Å². The van der Waals surface area contributed by atoms with E-state index in [0.29, 0.717) is 23.4 Å². The van der Waals surface area contributed by atoms with Crippen LogP contribution in [0.5, 0.6) is 0 Å². The number of aromatic nitrogens is 2. The minimum Gasteiger partial charge on any atom is -0.322 e. The number of nitrogens with one attached hydrogen (secondary N) is 2. The molecule has 1 amide bonds. The van der Waals surface area contributed by atoms with E-state index in [9.17, 15) is 13.2 Å². The zero-order chi connectivity index (χ0) is 19.4. The number of carbonyl (C=O) groups is 1. The molecule has 3 aromatic rings. The van der Waals surface area contributed by atoms with E-state index in [1.54, 1.807) is 42.1 Å². The highest BCUT2D eigenvalue weighted by molar-refractivity contribution is 7.89. The van der Waals surface area contributed by atoms with Gasteiger partial charge in [0.1, 0.15) is 0 Å². The Balaban J connectivity index is 1.74. The van der Waals surface area contributed by atoms with Crippen LogP contribution < -0.4 is 10.0 Å². The first-order chi connectivity index (χ1) is 12.9. The van der Waals surface area contributed by atoms with Gasteiger partial charge in [0.15, 0.2) is 0 Å². The maximum absolute atomic E-state index is 12.5. The zero-order valence-corrected chi connectivity index (χ0v) is 15.8. The Kier molecular flexibility index (Phi) is 5.38. The van der Waals surface area contributed by atoms with Crippen molar-refractivity contribution in [3.63, 3.8) is 0 Å². The van der Waals surface area contributed by atoms with Crippen molar-refractivity contribution in [1.29, 1.82) is 0 Å². The first kappa shape index (κ1) is 18.8. The number of hydrogen-bond donors (Lipinski definition) is 2. The molecule has 3 rings (SSSR count). The number of aryl methyl sites for hydroxylation is 1. The lowest BCUT2D eigenvalue weighted by atomic mass is 10.1. The molecular formula is C19H20N4O3S. The molecule has 0 unspecified atom stereocenters. The van der Waals surface area contributed by atoms with Crippen molar-refractivity contribution in [2.75, 3.05) is 12.4 Å². The van der Waals surface area contributed by atoms with E-state index in [1.165, 1.54) is 13.1 Å². The number of rotatable bonds is 6. The van der Waals surface area contributed by atoms with Crippen LogP contribution in [0.2, 0.25) is 0 Å². The summed E-state index contributed by atoms with van der Waals surface area (Å²) in [4.78, 5) is 12.6.